The molecule has 5 nitrogen and oxygen atoms in total. The number of rotatable bonds is 8. The molecule has 27 heavy (non-hydrogen) atoms. The first-order valence-corrected chi connectivity index (χ1v) is 9.26. The van der Waals surface area contributed by atoms with Gasteiger partial charge in [0.15, 0.2) is 5.96 Å². The summed E-state index contributed by atoms with van der Waals surface area (Å²) < 4.78 is 1.75. The number of guanidine groups is 1. The molecule has 2 N–H and O–H groups in total. The van der Waals surface area contributed by atoms with Gasteiger partial charge in [0.25, 0.3) is 0 Å². The molecule has 0 aliphatic carbocycles. The van der Waals surface area contributed by atoms with Gasteiger partial charge in [-0.25, -0.2) is 0 Å². The number of nitrogens with zero attached hydrogens (tertiary/aromatic N) is 2. The van der Waals surface area contributed by atoms with Crippen molar-refractivity contribution in [2.75, 3.05) is 20.1 Å². The molecule has 1 unspecified atom stereocenters. The van der Waals surface area contributed by atoms with Gasteiger partial charge in [0.2, 0.25) is 5.56 Å². The van der Waals surface area contributed by atoms with Crippen LogP contribution in [0.25, 0.3) is 0 Å². The Balaban J connectivity index is 0.00000364. The summed E-state index contributed by atoms with van der Waals surface area (Å²) in [5.41, 5.74) is 2.67. The molecule has 0 saturated heterocycles. The van der Waals surface area contributed by atoms with Crippen molar-refractivity contribution in [3.8, 4) is 0 Å². The molecule has 0 aliphatic rings. The van der Waals surface area contributed by atoms with Gasteiger partial charge in [-0.15, -0.1) is 24.0 Å². The second kappa shape index (κ2) is 12.5. The Hall–Kier alpha value is -1.83. The number of hydrogen-bond acceptors (Lipinski definition) is 2. The van der Waals surface area contributed by atoms with Crippen LogP contribution in [0.15, 0.2) is 58.4 Å². The number of aliphatic imine (C=N–C) groups is 1. The van der Waals surface area contributed by atoms with Crippen molar-refractivity contribution in [2.45, 2.75) is 39.2 Å². The quantitative estimate of drug-likeness (QED) is 0.262. The molecule has 0 bridgehead atoms. The maximum atomic E-state index is 11.6. The molecule has 1 aromatic heterocycles. The zero-order valence-electron chi connectivity index (χ0n) is 16.4. The number of hydrogen-bond donors (Lipinski definition) is 2. The molecule has 0 radical (unpaired) electrons. The Labute approximate surface area is 179 Å². The molecule has 0 spiro atoms. The maximum absolute atomic E-state index is 11.6. The third-order valence-corrected chi connectivity index (χ3v) is 4.46. The summed E-state index contributed by atoms with van der Waals surface area (Å²) in [6, 6.07) is 13.9. The number of nitrogens with one attached hydrogen (secondary N) is 2. The lowest BCUT2D eigenvalue weighted by molar-refractivity contribution is 0.584. The molecule has 2 rings (SSSR count). The van der Waals surface area contributed by atoms with Crippen LogP contribution in [0.4, 0.5) is 0 Å². The molecule has 1 atom stereocenters. The monoisotopic (exact) mass is 482 g/mol. The van der Waals surface area contributed by atoms with Gasteiger partial charge in [-0.2, -0.15) is 0 Å². The van der Waals surface area contributed by atoms with E-state index in [1.54, 1.807) is 23.7 Å². The van der Waals surface area contributed by atoms with E-state index in [9.17, 15) is 4.79 Å². The minimum absolute atomic E-state index is 0. The lowest BCUT2D eigenvalue weighted by Crippen LogP contribution is -2.39. The molecule has 6 heteroatoms. The molecule has 0 aliphatic heterocycles. The molecule has 0 fully saturated rings. The molecule has 1 heterocycles. The van der Waals surface area contributed by atoms with E-state index in [1.807, 2.05) is 12.3 Å². The van der Waals surface area contributed by atoms with Crippen molar-refractivity contribution < 1.29 is 0 Å². The van der Waals surface area contributed by atoms with Crippen LogP contribution in [0.3, 0.4) is 0 Å². The van der Waals surface area contributed by atoms with Crippen LogP contribution in [0, 0.1) is 6.92 Å². The average Bonchev–Trinajstić information content (AvgIpc) is 2.65. The van der Waals surface area contributed by atoms with Crippen LogP contribution >= 0.6 is 24.0 Å². The topological polar surface area (TPSA) is 58.4 Å². The minimum Gasteiger partial charge on any atom is -0.356 e. The van der Waals surface area contributed by atoms with E-state index in [0.29, 0.717) is 5.92 Å². The second-order valence-corrected chi connectivity index (χ2v) is 6.63. The molecule has 0 saturated carbocycles. The Morgan fingerprint density at radius 1 is 1.11 bits per heavy atom. The van der Waals surface area contributed by atoms with Gasteiger partial charge in [-0.1, -0.05) is 42.8 Å². The van der Waals surface area contributed by atoms with E-state index in [4.69, 9.17) is 0 Å². The number of benzene rings is 1. The third-order valence-electron chi connectivity index (χ3n) is 4.46. The first-order valence-electron chi connectivity index (χ1n) is 9.26. The van der Waals surface area contributed by atoms with Gasteiger partial charge in [-0.3, -0.25) is 9.79 Å². The van der Waals surface area contributed by atoms with Gasteiger partial charge < -0.3 is 15.2 Å². The molecule has 2 aromatic rings. The maximum Gasteiger partial charge on any atom is 0.250 e. The van der Waals surface area contributed by atoms with E-state index in [1.165, 1.54) is 11.1 Å². The van der Waals surface area contributed by atoms with Gasteiger partial charge in [0, 0.05) is 38.9 Å². The zero-order valence-corrected chi connectivity index (χ0v) is 18.8. The lowest BCUT2D eigenvalue weighted by Gasteiger charge is -2.16. The standard InChI is InChI=1S/C21H30N4O.HI/c1-17-9-11-19(12-10-17)18(2)16-24-21(22-3)23-13-5-7-15-25-14-6-4-8-20(25)26;/h4,6,8-12,14,18H,5,7,13,15-16H2,1-3H3,(H2,22,23,24);1H. The number of unbranched alkanes of at least 4 members (excludes halogenated alkanes) is 1. The van der Waals surface area contributed by atoms with E-state index < -0.39 is 0 Å². The van der Waals surface area contributed by atoms with Crippen molar-refractivity contribution in [2.24, 2.45) is 4.99 Å². The summed E-state index contributed by atoms with van der Waals surface area (Å²) in [6.45, 7) is 6.73. The van der Waals surface area contributed by atoms with Crippen molar-refractivity contribution >= 4 is 29.9 Å². The summed E-state index contributed by atoms with van der Waals surface area (Å²) in [4.78, 5) is 15.9. The lowest BCUT2D eigenvalue weighted by atomic mass is 10.0. The van der Waals surface area contributed by atoms with Crippen LogP contribution < -0.4 is 16.2 Å². The van der Waals surface area contributed by atoms with Crippen LogP contribution in [0.1, 0.15) is 36.8 Å². The fourth-order valence-corrected chi connectivity index (χ4v) is 2.74. The predicted molar refractivity (Wildman–Crippen MR) is 124 cm³/mol. The first-order chi connectivity index (χ1) is 12.6. The van der Waals surface area contributed by atoms with Crippen molar-refractivity contribution in [1.82, 2.24) is 15.2 Å². The van der Waals surface area contributed by atoms with Crippen molar-refractivity contribution in [3.63, 3.8) is 0 Å². The highest BCUT2D eigenvalue weighted by molar-refractivity contribution is 14.0. The normalized spacial score (nSPS) is 12.2. The van der Waals surface area contributed by atoms with Gasteiger partial charge in [0.05, 0.1) is 0 Å². The fourth-order valence-electron chi connectivity index (χ4n) is 2.74. The third kappa shape index (κ3) is 8.15. The molecule has 0 amide bonds. The number of pyridine rings is 1. The van der Waals surface area contributed by atoms with E-state index in [2.05, 4.69) is 53.7 Å². The van der Waals surface area contributed by atoms with Crippen LogP contribution in [-0.2, 0) is 6.54 Å². The SMILES string of the molecule is CN=C(NCCCCn1ccccc1=O)NCC(C)c1ccc(C)cc1.I. The number of aryl methyl sites for hydroxylation is 2. The highest BCUT2D eigenvalue weighted by Gasteiger charge is 2.06. The Bertz CT molecular complexity index is 755. The fraction of sp³-hybridized carbons (Fsp3) is 0.429. The highest BCUT2D eigenvalue weighted by atomic mass is 127. The van der Waals surface area contributed by atoms with Crippen LogP contribution in [-0.4, -0.2) is 30.7 Å². The van der Waals surface area contributed by atoms with Gasteiger partial charge in [-0.05, 0) is 37.3 Å². The molecular formula is C21H31IN4O. The largest absolute Gasteiger partial charge is 0.356 e. The Morgan fingerprint density at radius 3 is 2.52 bits per heavy atom. The number of aromatic nitrogens is 1. The molecular weight excluding hydrogens is 451 g/mol. The minimum atomic E-state index is 0. The molecule has 148 valence electrons. The average molecular weight is 482 g/mol. The first kappa shape index (κ1) is 23.2. The van der Waals surface area contributed by atoms with Crippen LogP contribution in [0.2, 0.25) is 0 Å². The van der Waals surface area contributed by atoms with E-state index >= 15 is 0 Å². The van der Waals surface area contributed by atoms with Crippen LogP contribution in [0.5, 0.6) is 0 Å². The Kier molecular flexibility index (Phi) is 10.8. The predicted octanol–water partition coefficient (Wildman–Crippen LogP) is 3.52. The summed E-state index contributed by atoms with van der Waals surface area (Å²) >= 11 is 0. The summed E-state index contributed by atoms with van der Waals surface area (Å²) in [6.07, 6.45) is 3.77. The summed E-state index contributed by atoms with van der Waals surface area (Å²) in [5, 5.41) is 6.72. The van der Waals surface area contributed by atoms with Crippen molar-refractivity contribution in [3.05, 3.63) is 70.1 Å². The van der Waals surface area contributed by atoms with Gasteiger partial charge in [0.1, 0.15) is 0 Å². The van der Waals surface area contributed by atoms with E-state index in [0.717, 1.165) is 38.4 Å². The Morgan fingerprint density at radius 2 is 1.85 bits per heavy atom. The van der Waals surface area contributed by atoms with E-state index in [-0.39, 0.29) is 29.5 Å². The highest BCUT2D eigenvalue weighted by Crippen LogP contribution is 2.14. The molecule has 1 aromatic carbocycles. The smallest absolute Gasteiger partial charge is 0.250 e. The zero-order chi connectivity index (χ0) is 18.8. The van der Waals surface area contributed by atoms with Gasteiger partial charge >= 0.3 is 0 Å². The number of halogens is 1. The second-order valence-electron chi connectivity index (χ2n) is 6.63. The summed E-state index contributed by atoms with van der Waals surface area (Å²) in [5.74, 6) is 1.24. The summed E-state index contributed by atoms with van der Waals surface area (Å²) in [7, 11) is 1.79. The van der Waals surface area contributed by atoms with Crippen molar-refractivity contribution in [1.29, 1.82) is 0 Å².